The lowest BCUT2D eigenvalue weighted by atomic mass is 10.2. The summed E-state index contributed by atoms with van der Waals surface area (Å²) < 4.78 is 13.7. The molecule has 0 bridgehead atoms. The lowest BCUT2D eigenvalue weighted by molar-refractivity contribution is -0.114. The number of carbonyl (C=O) groups excluding carboxylic acids is 1. The van der Waals surface area contributed by atoms with Gasteiger partial charge >= 0.3 is 0 Å². The van der Waals surface area contributed by atoms with Crippen LogP contribution in [0.25, 0.3) is 0 Å². The molecule has 26 heavy (non-hydrogen) atoms. The second-order valence-electron chi connectivity index (χ2n) is 5.62. The predicted octanol–water partition coefficient (Wildman–Crippen LogP) is 3.93. The molecule has 0 spiro atoms. The summed E-state index contributed by atoms with van der Waals surface area (Å²) in [5.41, 5.74) is 2.02. The van der Waals surface area contributed by atoms with E-state index in [0.29, 0.717) is 29.4 Å². The molecular weight excluding hydrogens is 333 g/mol. The highest BCUT2D eigenvalue weighted by atomic mass is 19.1. The molecule has 3 rings (SSSR count). The van der Waals surface area contributed by atoms with Crippen LogP contribution in [-0.4, -0.2) is 15.9 Å². The molecule has 1 amide bonds. The molecule has 0 aliphatic heterocycles. The van der Waals surface area contributed by atoms with Crippen molar-refractivity contribution in [1.29, 1.82) is 0 Å². The van der Waals surface area contributed by atoms with E-state index in [2.05, 4.69) is 25.9 Å². The molecule has 1 aromatic heterocycles. The van der Waals surface area contributed by atoms with E-state index < -0.39 is 0 Å². The molecule has 1 heterocycles. The summed E-state index contributed by atoms with van der Waals surface area (Å²) in [5.74, 6) is 0.755. The van der Waals surface area contributed by atoms with Crippen molar-refractivity contribution in [2.75, 3.05) is 16.0 Å². The van der Waals surface area contributed by atoms with E-state index in [9.17, 15) is 9.18 Å². The molecule has 0 aliphatic rings. The molecule has 0 unspecified atom stereocenters. The Morgan fingerprint density at radius 1 is 1.00 bits per heavy atom. The fraction of sp³-hybridized carbons (Fsp3) is 0.105. The van der Waals surface area contributed by atoms with Crippen molar-refractivity contribution < 1.29 is 9.18 Å². The van der Waals surface area contributed by atoms with Gasteiger partial charge in [-0.25, -0.2) is 14.4 Å². The Morgan fingerprint density at radius 3 is 2.58 bits per heavy atom. The topological polar surface area (TPSA) is 78.9 Å². The number of benzene rings is 2. The van der Waals surface area contributed by atoms with E-state index in [0.717, 1.165) is 5.69 Å². The highest BCUT2D eigenvalue weighted by molar-refractivity contribution is 5.89. The van der Waals surface area contributed by atoms with Crippen molar-refractivity contribution >= 4 is 28.9 Å². The average Bonchev–Trinajstić information content (AvgIpc) is 2.61. The van der Waals surface area contributed by atoms with Crippen LogP contribution in [0.1, 0.15) is 12.5 Å². The largest absolute Gasteiger partial charge is 0.366 e. The number of aromatic nitrogens is 2. The molecule has 0 saturated heterocycles. The fourth-order valence-electron chi connectivity index (χ4n) is 2.38. The molecule has 7 heteroatoms. The molecule has 0 aliphatic carbocycles. The smallest absolute Gasteiger partial charge is 0.221 e. The molecule has 2 aromatic carbocycles. The zero-order chi connectivity index (χ0) is 18.4. The molecule has 0 atom stereocenters. The average molecular weight is 351 g/mol. The van der Waals surface area contributed by atoms with Gasteiger partial charge in [-0.3, -0.25) is 4.79 Å². The van der Waals surface area contributed by atoms with Crippen molar-refractivity contribution in [3.05, 3.63) is 72.3 Å². The quantitative estimate of drug-likeness (QED) is 0.627. The Morgan fingerprint density at radius 2 is 1.77 bits per heavy atom. The first-order valence-corrected chi connectivity index (χ1v) is 8.04. The maximum atomic E-state index is 13.7. The summed E-state index contributed by atoms with van der Waals surface area (Å²) in [6.45, 7) is 1.78. The van der Waals surface area contributed by atoms with Crippen LogP contribution in [0.3, 0.4) is 0 Å². The standard InChI is InChI=1S/C19H18FN5O/c1-13(26)24-15-6-4-7-16(9-15)25-19-10-18(22-12-23-19)21-11-14-5-2-3-8-17(14)20/h2-10,12H,11H2,1H3,(H,24,26)(H2,21,22,23,25). The number of nitrogens with zero attached hydrogens (tertiary/aromatic N) is 2. The summed E-state index contributed by atoms with van der Waals surface area (Å²) in [5, 5.41) is 8.95. The van der Waals surface area contributed by atoms with Crippen LogP contribution in [0.4, 0.5) is 27.4 Å². The molecule has 0 fully saturated rings. The number of rotatable bonds is 6. The Balaban J connectivity index is 1.67. The van der Waals surface area contributed by atoms with Crippen molar-refractivity contribution in [2.45, 2.75) is 13.5 Å². The van der Waals surface area contributed by atoms with E-state index in [1.54, 1.807) is 36.4 Å². The maximum absolute atomic E-state index is 13.7. The van der Waals surface area contributed by atoms with Gasteiger partial charge in [0.1, 0.15) is 23.8 Å². The lowest BCUT2D eigenvalue weighted by Crippen LogP contribution is -2.06. The van der Waals surface area contributed by atoms with Crippen LogP contribution in [0.15, 0.2) is 60.9 Å². The zero-order valence-corrected chi connectivity index (χ0v) is 14.2. The normalized spacial score (nSPS) is 10.2. The van der Waals surface area contributed by atoms with Crippen LogP contribution in [0, 0.1) is 5.82 Å². The maximum Gasteiger partial charge on any atom is 0.221 e. The van der Waals surface area contributed by atoms with Gasteiger partial charge in [-0.05, 0) is 24.3 Å². The number of hydrogen-bond donors (Lipinski definition) is 3. The summed E-state index contributed by atoms with van der Waals surface area (Å²) >= 11 is 0. The van der Waals surface area contributed by atoms with E-state index in [4.69, 9.17) is 0 Å². The molecule has 6 nitrogen and oxygen atoms in total. The number of hydrogen-bond acceptors (Lipinski definition) is 5. The van der Waals surface area contributed by atoms with Crippen LogP contribution < -0.4 is 16.0 Å². The molecule has 0 radical (unpaired) electrons. The van der Waals surface area contributed by atoms with Gasteiger partial charge in [-0.2, -0.15) is 0 Å². The van der Waals surface area contributed by atoms with Gasteiger partial charge in [-0.15, -0.1) is 0 Å². The van der Waals surface area contributed by atoms with Gasteiger partial charge in [-0.1, -0.05) is 24.3 Å². The first-order chi connectivity index (χ1) is 12.6. The van der Waals surface area contributed by atoms with E-state index in [-0.39, 0.29) is 11.7 Å². The predicted molar refractivity (Wildman–Crippen MR) is 99.8 cm³/mol. The summed E-state index contributed by atoms with van der Waals surface area (Å²) in [6.07, 6.45) is 1.42. The van der Waals surface area contributed by atoms with Gasteiger partial charge in [0.25, 0.3) is 0 Å². The summed E-state index contributed by atoms with van der Waals surface area (Å²) in [4.78, 5) is 19.5. The first-order valence-electron chi connectivity index (χ1n) is 8.04. The van der Waals surface area contributed by atoms with Gasteiger partial charge in [0.15, 0.2) is 0 Å². The van der Waals surface area contributed by atoms with Gasteiger partial charge in [0.2, 0.25) is 5.91 Å². The minimum absolute atomic E-state index is 0.135. The van der Waals surface area contributed by atoms with Crippen molar-refractivity contribution in [3.63, 3.8) is 0 Å². The Bertz CT molecular complexity index is 916. The highest BCUT2D eigenvalue weighted by Crippen LogP contribution is 2.20. The minimum atomic E-state index is -0.262. The molecule has 3 N–H and O–H groups in total. The lowest BCUT2D eigenvalue weighted by Gasteiger charge is -2.10. The van der Waals surface area contributed by atoms with Crippen molar-refractivity contribution in [1.82, 2.24) is 9.97 Å². The molecule has 132 valence electrons. The number of nitrogens with one attached hydrogen (secondary N) is 3. The van der Waals surface area contributed by atoms with E-state index in [1.807, 2.05) is 12.1 Å². The van der Waals surface area contributed by atoms with Crippen LogP contribution in [0.5, 0.6) is 0 Å². The number of anilines is 4. The first kappa shape index (κ1) is 17.3. The molecule has 3 aromatic rings. The zero-order valence-electron chi connectivity index (χ0n) is 14.2. The number of amides is 1. The fourth-order valence-corrected chi connectivity index (χ4v) is 2.38. The van der Waals surface area contributed by atoms with Crippen LogP contribution >= 0.6 is 0 Å². The van der Waals surface area contributed by atoms with Crippen LogP contribution in [0.2, 0.25) is 0 Å². The third-order valence-corrected chi connectivity index (χ3v) is 3.54. The monoisotopic (exact) mass is 351 g/mol. The second-order valence-corrected chi connectivity index (χ2v) is 5.62. The van der Waals surface area contributed by atoms with E-state index in [1.165, 1.54) is 19.3 Å². The second kappa shape index (κ2) is 8.06. The molecule has 0 saturated carbocycles. The highest BCUT2D eigenvalue weighted by Gasteiger charge is 2.04. The van der Waals surface area contributed by atoms with Crippen molar-refractivity contribution in [3.8, 4) is 0 Å². The van der Waals surface area contributed by atoms with Gasteiger partial charge in [0.05, 0.1) is 0 Å². The Labute approximate surface area is 150 Å². The van der Waals surface area contributed by atoms with E-state index >= 15 is 0 Å². The van der Waals surface area contributed by atoms with Crippen LogP contribution in [-0.2, 0) is 11.3 Å². The summed E-state index contributed by atoms with van der Waals surface area (Å²) in [7, 11) is 0. The van der Waals surface area contributed by atoms with Gasteiger partial charge < -0.3 is 16.0 Å². The third kappa shape index (κ3) is 4.76. The number of halogens is 1. The van der Waals surface area contributed by atoms with Crippen molar-refractivity contribution in [2.24, 2.45) is 0 Å². The Hall–Kier alpha value is -3.48. The van der Waals surface area contributed by atoms with Gasteiger partial charge in [0, 0.05) is 36.5 Å². The summed E-state index contributed by atoms with van der Waals surface area (Å²) in [6, 6.07) is 15.6. The Kier molecular flexibility index (Phi) is 5.38. The third-order valence-electron chi connectivity index (χ3n) is 3.54. The number of carbonyl (C=O) groups is 1. The molecular formula is C19H18FN5O. The SMILES string of the molecule is CC(=O)Nc1cccc(Nc2cc(NCc3ccccc3F)ncn2)c1. The minimum Gasteiger partial charge on any atom is -0.366 e.